The molecule has 1 aliphatic carbocycles. The lowest BCUT2D eigenvalue weighted by Gasteiger charge is -2.36. The fourth-order valence-corrected chi connectivity index (χ4v) is 5.62. The molecule has 0 unspecified atom stereocenters. The second-order valence-electron chi connectivity index (χ2n) is 8.57. The summed E-state index contributed by atoms with van der Waals surface area (Å²) in [4.78, 5) is 52.2. The molecule has 0 radical (unpaired) electrons. The number of nitrogens with one attached hydrogen (secondary N) is 2. The minimum atomic E-state index is -0.954. The van der Waals surface area contributed by atoms with Crippen molar-refractivity contribution in [2.45, 2.75) is 45.1 Å². The predicted molar refractivity (Wildman–Crippen MR) is 125 cm³/mol. The Morgan fingerprint density at radius 1 is 1.26 bits per heavy atom. The average Bonchev–Trinajstić information content (AvgIpc) is 3.31. The van der Waals surface area contributed by atoms with E-state index in [-0.39, 0.29) is 29.0 Å². The van der Waals surface area contributed by atoms with Crippen molar-refractivity contribution in [2.24, 2.45) is 5.92 Å². The number of carbonyl (C=O) groups excluding carboxylic acids is 4. The Kier molecular flexibility index (Phi) is 6.70. The van der Waals surface area contributed by atoms with Crippen LogP contribution in [0.1, 0.15) is 49.9 Å². The van der Waals surface area contributed by atoms with Gasteiger partial charge in [0.15, 0.2) is 0 Å². The number of imide groups is 1. The fourth-order valence-electron chi connectivity index (χ4n) is 4.65. The van der Waals surface area contributed by atoms with Gasteiger partial charge in [-0.05, 0) is 43.4 Å². The topological polar surface area (TPSA) is 105 Å². The molecule has 180 valence electrons. The maximum Gasteiger partial charge on any atom is 0.341 e. The van der Waals surface area contributed by atoms with E-state index in [0.717, 1.165) is 35.5 Å². The molecule has 1 aromatic heterocycles. The van der Waals surface area contributed by atoms with E-state index in [1.54, 1.807) is 12.3 Å². The molecule has 4 amide bonds. The Morgan fingerprint density at radius 2 is 2.00 bits per heavy atom. The molecule has 1 saturated carbocycles. The zero-order chi connectivity index (χ0) is 24.5. The van der Waals surface area contributed by atoms with E-state index < -0.39 is 35.8 Å². The van der Waals surface area contributed by atoms with Crippen molar-refractivity contribution in [3.63, 3.8) is 0 Å². The van der Waals surface area contributed by atoms with Gasteiger partial charge in [0.2, 0.25) is 5.91 Å². The molecular weight excluding hydrogens is 461 g/mol. The number of ether oxygens (including phenoxy) is 1. The first-order valence-electron chi connectivity index (χ1n) is 11.3. The highest BCUT2D eigenvalue weighted by atomic mass is 32.1. The number of amides is 4. The van der Waals surface area contributed by atoms with E-state index in [1.165, 1.54) is 24.3 Å². The molecule has 1 saturated heterocycles. The summed E-state index contributed by atoms with van der Waals surface area (Å²) in [5.74, 6) is -2.06. The lowest BCUT2D eigenvalue weighted by atomic mass is 9.73. The van der Waals surface area contributed by atoms with E-state index in [0.29, 0.717) is 17.5 Å². The third-order valence-electron chi connectivity index (χ3n) is 6.48. The monoisotopic (exact) mass is 487 g/mol. The Labute approximate surface area is 200 Å². The van der Waals surface area contributed by atoms with Crippen LogP contribution in [-0.2, 0) is 14.3 Å². The Morgan fingerprint density at radius 3 is 2.68 bits per heavy atom. The van der Waals surface area contributed by atoms with Gasteiger partial charge in [-0.3, -0.25) is 14.5 Å². The van der Waals surface area contributed by atoms with Crippen LogP contribution in [0.5, 0.6) is 0 Å². The van der Waals surface area contributed by atoms with Crippen LogP contribution in [0, 0.1) is 11.7 Å². The third kappa shape index (κ3) is 4.29. The summed E-state index contributed by atoms with van der Waals surface area (Å²) in [6, 6.07) is 5.03. The molecule has 4 rings (SSSR count). The molecule has 2 aliphatic rings. The smallest absolute Gasteiger partial charge is 0.341 e. The number of anilines is 1. The number of nitrogens with zero attached hydrogens (tertiary/aromatic N) is 1. The van der Waals surface area contributed by atoms with Gasteiger partial charge in [-0.25, -0.2) is 14.0 Å². The molecular formula is C24H26FN3O5S. The van der Waals surface area contributed by atoms with Gasteiger partial charge in [-0.2, -0.15) is 0 Å². The molecule has 2 heterocycles. The molecule has 2 aromatic rings. The summed E-state index contributed by atoms with van der Waals surface area (Å²) in [6.07, 6.45) is 3.21. The summed E-state index contributed by atoms with van der Waals surface area (Å²) in [7, 11) is 0. The standard InChI is InChI=1S/C24H26FN3O5S/c1-3-33-21(30)19-17(15-7-9-16(25)10-8-15)13-34-20(19)26-18(29)12-28-22(31)24(27-23(28)32)11-5-4-6-14(24)2/h7-10,13-14H,3-6,11-12H2,1-2H3,(H,26,29)(H,27,32)/t14-,24+/m1/s1. The molecule has 2 fully saturated rings. The summed E-state index contributed by atoms with van der Waals surface area (Å²) in [5, 5.41) is 7.37. The minimum Gasteiger partial charge on any atom is -0.462 e. The number of halogens is 1. The van der Waals surface area contributed by atoms with E-state index in [1.807, 2.05) is 6.92 Å². The van der Waals surface area contributed by atoms with Crippen LogP contribution < -0.4 is 10.6 Å². The molecule has 1 aliphatic heterocycles. The maximum atomic E-state index is 13.4. The molecule has 2 N–H and O–H groups in total. The minimum absolute atomic E-state index is 0.0169. The molecule has 8 nitrogen and oxygen atoms in total. The van der Waals surface area contributed by atoms with E-state index in [9.17, 15) is 23.6 Å². The van der Waals surface area contributed by atoms with Crippen molar-refractivity contribution in [2.75, 3.05) is 18.5 Å². The molecule has 1 spiro atoms. The zero-order valence-electron chi connectivity index (χ0n) is 19.0. The van der Waals surface area contributed by atoms with Gasteiger partial charge in [0.05, 0.1) is 6.61 Å². The first-order valence-corrected chi connectivity index (χ1v) is 12.1. The molecule has 1 aromatic carbocycles. The maximum absolute atomic E-state index is 13.4. The van der Waals surface area contributed by atoms with Gasteiger partial charge in [0.25, 0.3) is 5.91 Å². The van der Waals surface area contributed by atoms with E-state index >= 15 is 0 Å². The fraction of sp³-hybridized carbons (Fsp3) is 0.417. The summed E-state index contributed by atoms with van der Waals surface area (Å²) >= 11 is 1.11. The second-order valence-corrected chi connectivity index (χ2v) is 9.45. The number of hydrogen-bond acceptors (Lipinski definition) is 6. The Bertz CT molecular complexity index is 1130. The lowest BCUT2D eigenvalue weighted by molar-refractivity contribution is -0.136. The van der Waals surface area contributed by atoms with Crippen LogP contribution in [0.15, 0.2) is 29.6 Å². The molecule has 10 heteroatoms. The SMILES string of the molecule is CCOC(=O)c1c(-c2ccc(F)cc2)csc1NC(=O)CN1C(=O)N[C@]2(CCCC[C@H]2C)C1=O. The number of benzene rings is 1. The van der Waals surface area contributed by atoms with Gasteiger partial charge < -0.3 is 15.4 Å². The first kappa shape index (κ1) is 23.9. The van der Waals surface area contributed by atoms with Crippen LogP contribution >= 0.6 is 11.3 Å². The second kappa shape index (κ2) is 9.54. The predicted octanol–water partition coefficient (Wildman–Crippen LogP) is 4.17. The molecule has 2 atom stereocenters. The van der Waals surface area contributed by atoms with Crippen LogP contribution in [0.2, 0.25) is 0 Å². The van der Waals surface area contributed by atoms with Crippen molar-refractivity contribution < 1.29 is 28.3 Å². The van der Waals surface area contributed by atoms with Crippen molar-refractivity contribution in [3.05, 3.63) is 41.0 Å². The van der Waals surface area contributed by atoms with Gasteiger partial charge >= 0.3 is 12.0 Å². The van der Waals surface area contributed by atoms with Crippen molar-refractivity contribution in [3.8, 4) is 11.1 Å². The number of rotatable bonds is 6. The number of carbonyl (C=O) groups is 4. The van der Waals surface area contributed by atoms with Crippen LogP contribution in [-0.4, -0.2) is 47.4 Å². The molecule has 0 bridgehead atoms. The van der Waals surface area contributed by atoms with Crippen molar-refractivity contribution >= 4 is 40.2 Å². The highest BCUT2D eigenvalue weighted by Gasteiger charge is 2.55. The molecule has 34 heavy (non-hydrogen) atoms. The van der Waals surface area contributed by atoms with Gasteiger partial charge in [0.1, 0.15) is 28.5 Å². The zero-order valence-corrected chi connectivity index (χ0v) is 19.8. The Hall–Kier alpha value is -3.27. The van der Waals surface area contributed by atoms with E-state index in [2.05, 4.69) is 10.6 Å². The van der Waals surface area contributed by atoms with Crippen molar-refractivity contribution in [1.29, 1.82) is 0 Å². The van der Waals surface area contributed by atoms with E-state index in [4.69, 9.17) is 4.74 Å². The van der Waals surface area contributed by atoms with Crippen LogP contribution in [0.25, 0.3) is 11.1 Å². The number of esters is 1. The number of hydrogen-bond donors (Lipinski definition) is 2. The van der Waals surface area contributed by atoms with Crippen LogP contribution in [0.3, 0.4) is 0 Å². The summed E-state index contributed by atoms with van der Waals surface area (Å²) < 4.78 is 18.5. The quantitative estimate of drug-likeness (QED) is 0.470. The summed E-state index contributed by atoms with van der Waals surface area (Å²) in [5.41, 5.74) is 0.262. The van der Waals surface area contributed by atoms with Gasteiger partial charge in [-0.1, -0.05) is 31.9 Å². The Balaban J connectivity index is 1.55. The highest BCUT2D eigenvalue weighted by Crippen LogP contribution is 2.39. The first-order chi connectivity index (χ1) is 16.3. The average molecular weight is 488 g/mol. The normalized spacial score (nSPS) is 22.1. The lowest BCUT2D eigenvalue weighted by Crippen LogP contribution is -2.54. The van der Waals surface area contributed by atoms with Crippen LogP contribution in [0.4, 0.5) is 14.2 Å². The van der Waals surface area contributed by atoms with Crippen molar-refractivity contribution in [1.82, 2.24) is 10.2 Å². The number of urea groups is 1. The third-order valence-corrected chi connectivity index (χ3v) is 7.38. The van der Waals surface area contributed by atoms with Gasteiger partial charge in [0, 0.05) is 10.9 Å². The summed E-state index contributed by atoms with van der Waals surface area (Å²) in [6.45, 7) is 3.27. The highest BCUT2D eigenvalue weighted by molar-refractivity contribution is 7.15. The van der Waals surface area contributed by atoms with Gasteiger partial charge in [-0.15, -0.1) is 11.3 Å². The largest absolute Gasteiger partial charge is 0.462 e. The number of thiophene rings is 1.